The summed E-state index contributed by atoms with van der Waals surface area (Å²) in [4.78, 5) is 23.7. The molecule has 1 aliphatic rings. The fraction of sp³-hybridized carbons (Fsp3) is 0.579. The molecule has 0 unspecified atom stereocenters. The molecule has 4 N–H and O–H groups in total. The van der Waals surface area contributed by atoms with E-state index in [4.69, 9.17) is 0 Å². The Labute approximate surface area is 144 Å². The van der Waals surface area contributed by atoms with Gasteiger partial charge < -0.3 is 16.0 Å². The molecule has 1 aromatic carbocycles. The smallest absolute Gasteiger partial charge is 0.313 e. The topological polar surface area (TPSA) is 74.8 Å². The Bertz CT molecular complexity index is 522. The van der Waals surface area contributed by atoms with Crippen LogP contribution in [0, 0.1) is 5.92 Å². The normalized spacial score (nSPS) is 17.3. The van der Waals surface area contributed by atoms with Crippen molar-refractivity contribution in [3.8, 4) is 0 Å². The third-order valence-corrected chi connectivity index (χ3v) is 4.67. The summed E-state index contributed by atoms with van der Waals surface area (Å²) in [7, 11) is 0. The lowest BCUT2D eigenvalue weighted by molar-refractivity contribution is -0.669. The van der Waals surface area contributed by atoms with Gasteiger partial charge in [0.15, 0.2) is 0 Å². The summed E-state index contributed by atoms with van der Waals surface area (Å²) in [6.07, 6.45) is 6.87. The average molecular weight is 332 g/mol. The van der Waals surface area contributed by atoms with Crippen molar-refractivity contribution in [3.05, 3.63) is 29.8 Å². The van der Waals surface area contributed by atoms with Gasteiger partial charge in [-0.05, 0) is 49.8 Å². The number of nitrogens with two attached hydrogens (primary N) is 1. The zero-order chi connectivity index (χ0) is 17.2. The zero-order valence-electron chi connectivity index (χ0n) is 14.6. The van der Waals surface area contributed by atoms with Crippen LogP contribution in [0.1, 0.15) is 44.6 Å². The average Bonchev–Trinajstić information content (AvgIpc) is 2.62. The van der Waals surface area contributed by atoms with E-state index in [-0.39, 0.29) is 0 Å². The van der Waals surface area contributed by atoms with Gasteiger partial charge in [0.1, 0.15) is 0 Å². The number of nitrogens with one attached hydrogen (secondary N) is 2. The van der Waals surface area contributed by atoms with Crippen LogP contribution in [-0.4, -0.2) is 31.4 Å². The summed E-state index contributed by atoms with van der Waals surface area (Å²) in [5.74, 6) is -0.328. The minimum Gasteiger partial charge on any atom is -0.348 e. The minimum atomic E-state index is -0.596. The predicted molar refractivity (Wildman–Crippen MR) is 95.7 cm³/mol. The molecule has 132 valence electrons. The van der Waals surface area contributed by atoms with Crippen molar-refractivity contribution in [2.24, 2.45) is 5.92 Å². The molecule has 0 aliphatic carbocycles. The highest BCUT2D eigenvalue weighted by Gasteiger charge is 2.16. The molecule has 5 heteroatoms. The first-order valence-electron chi connectivity index (χ1n) is 9.19. The second-order valence-corrected chi connectivity index (χ2v) is 6.58. The Hall–Kier alpha value is -1.88. The Morgan fingerprint density at radius 1 is 1.17 bits per heavy atom. The van der Waals surface area contributed by atoms with E-state index in [1.807, 2.05) is 24.3 Å². The molecule has 2 rings (SSSR count). The van der Waals surface area contributed by atoms with Crippen LogP contribution < -0.4 is 16.0 Å². The number of anilines is 1. The monoisotopic (exact) mass is 332 g/mol. The standard InChI is InChI=1S/C19H29N3O2/c1-2-15-8-10-17(11-9-15)22-19(24)18(23)21-13-4-3-6-16-7-5-12-20-14-16/h8-11,16,20H,2-7,12-14H2,1H3,(H,21,23)(H,22,24)/p+1/t16-/m1/s1. The molecule has 0 bridgehead atoms. The van der Waals surface area contributed by atoms with E-state index in [1.54, 1.807) is 0 Å². The molecule has 1 saturated heterocycles. The summed E-state index contributed by atoms with van der Waals surface area (Å²) in [5, 5.41) is 7.73. The highest BCUT2D eigenvalue weighted by Crippen LogP contribution is 2.14. The first-order chi connectivity index (χ1) is 11.7. The first kappa shape index (κ1) is 18.5. The van der Waals surface area contributed by atoms with Gasteiger partial charge in [0.2, 0.25) is 0 Å². The SMILES string of the molecule is CCc1ccc(NC(=O)C(=O)NCCCC[C@@H]2CCC[NH2+]C2)cc1. The molecule has 1 fully saturated rings. The molecule has 1 aromatic rings. The molecule has 1 atom stereocenters. The fourth-order valence-corrected chi connectivity index (χ4v) is 3.14. The number of aryl methyl sites for hydroxylation is 1. The lowest BCUT2D eigenvalue weighted by Crippen LogP contribution is -2.87. The van der Waals surface area contributed by atoms with E-state index in [2.05, 4.69) is 22.9 Å². The Morgan fingerprint density at radius 3 is 2.62 bits per heavy atom. The van der Waals surface area contributed by atoms with Crippen LogP contribution in [0.3, 0.4) is 0 Å². The van der Waals surface area contributed by atoms with Crippen molar-refractivity contribution >= 4 is 17.5 Å². The quantitative estimate of drug-likeness (QED) is 0.522. The van der Waals surface area contributed by atoms with Crippen molar-refractivity contribution in [2.45, 2.75) is 45.4 Å². The van der Waals surface area contributed by atoms with E-state index in [1.165, 1.54) is 37.9 Å². The molecule has 1 heterocycles. The van der Waals surface area contributed by atoms with Crippen LogP contribution in [0.15, 0.2) is 24.3 Å². The summed E-state index contributed by atoms with van der Waals surface area (Å²) in [6, 6.07) is 7.56. The van der Waals surface area contributed by atoms with E-state index in [0.717, 1.165) is 25.2 Å². The number of benzene rings is 1. The summed E-state index contributed by atoms with van der Waals surface area (Å²) < 4.78 is 0. The third-order valence-electron chi connectivity index (χ3n) is 4.67. The van der Waals surface area contributed by atoms with Crippen LogP contribution in [0.25, 0.3) is 0 Å². The number of hydrogen-bond donors (Lipinski definition) is 3. The maximum Gasteiger partial charge on any atom is 0.313 e. The number of carbonyl (C=O) groups excluding carboxylic acids is 2. The molecule has 0 radical (unpaired) electrons. The highest BCUT2D eigenvalue weighted by molar-refractivity contribution is 6.39. The van der Waals surface area contributed by atoms with Gasteiger partial charge in [-0.15, -0.1) is 0 Å². The lowest BCUT2D eigenvalue weighted by atomic mass is 9.94. The number of hydrogen-bond acceptors (Lipinski definition) is 2. The van der Waals surface area contributed by atoms with Gasteiger partial charge in [-0.2, -0.15) is 0 Å². The molecule has 0 aromatic heterocycles. The molecule has 0 saturated carbocycles. The van der Waals surface area contributed by atoms with Crippen molar-refractivity contribution in [1.82, 2.24) is 5.32 Å². The van der Waals surface area contributed by atoms with Crippen LogP contribution in [0.2, 0.25) is 0 Å². The van der Waals surface area contributed by atoms with Gasteiger partial charge in [0, 0.05) is 18.2 Å². The Balaban J connectivity index is 1.59. The van der Waals surface area contributed by atoms with E-state index < -0.39 is 11.8 Å². The maximum atomic E-state index is 11.9. The lowest BCUT2D eigenvalue weighted by Gasteiger charge is -2.19. The van der Waals surface area contributed by atoms with Crippen LogP contribution in [-0.2, 0) is 16.0 Å². The highest BCUT2D eigenvalue weighted by atomic mass is 16.2. The second-order valence-electron chi connectivity index (χ2n) is 6.58. The van der Waals surface area contributed by atoms with Crippen LogP contribution in [0.5, 0.6) is 0 Å². The fourth-order valence-electron chi connectivity index (χ4n) is 3.14. The van der Waals surface area contributed by atoms with Crippen molar-refractivity contribution in [2.75, 3.05) is 25.0 Å². The van der Waals surface area contributed by atoms with E-state index >= 15 is 0 Å². The molecular weight excluding hydrogens is 302 g/mol. The van der Waals surface area contributed by atoms with Gasteiger partial charge in [-0.25, -0.2) is 0 Å². The van der Waals surface area contributed by atoms with Gasteiger partial charge in [0.25, 0.3) is 0 Å². The number of carbonyl (C=O) groups is 2. The molecule has 24 heavy (non-hydrogen) atoms. The van der Waals surface area contributed by atoms with E-state index in [9.17, 15) is 9.59 Å². The summed E-state index contributed by atoms with van der Waals surface area (Å²) in [6.45, 7) is 5.15. The van der Waals surface area contributed by atoms with Crippen LogP contribution in [0.4, 0.5) is 5.69 Å². The van der Waals surface area contributed by atoms with Crippen molar-refractivity contribution in [3.63, 3.8) is 0 Å². The molecule has 0 spiro atoms. The van der Waals surface area contributed by atoms with Gasteiger partial charge in [0.05, 0.1) is 13.1 Å². The zero-order valence-corrected chi connectivity index (χ0v) is 14.6. The first-order valence-corrected chi connectivity index (χ1v) is 9.19. The Morgan fingerprint density at radius 2 is 1.96 bits per heavy atom. The van der Waals surface area contributed by atoms with Crippen LogP contribution >= 0.6 is 0 Å². The largest absolute Gasteiger partial charge is 0.348 e. The third kappa shape index (κ3) is 6.32. The number of rotatable bonds is 7. The molecule has 1 aliphatic heterocycles. The maximum absolute atomic E-state index is 11.9. The van der Waals surface area contributed by atoms with Gasteiger partial charge in [-0.1, -0.05) is 25.5 Å². The molecule has 5 nitrogen and oxygen atoms in total. The molecular formula is C19H30N3O2+. The number of piperidine rings is 1. The number of amides is 2. The van der Waals surface area contributed by atoms with Crippen molar-refractivity contribution < 1.29 is 14.9 Å². The van der Waals surface area contributed by atoms with E-state index in [0.29, 0.717) is 12.2 Å². The van der Waals surface area contributed by atoms with Crippen molar-refractivity contribution in [1.29, 1.82) is 0 Å². The predicted octanol–water partition coefficient (Wildman–Crippen LogP) is 1.45. The molecule has 2 amide bonds. The van der Waals surface area contributed by atoms with Gasteiger partial charge in [-0.3, -0.25) is 9.59 Å². The summed E-state index contributed by atoms with van der Waals surface area (Å²) >= 11 is 0. The second kappa shape index (κ2) is 10.1. The Kier molecular flexibility index (Phi) is 7.75. The van der Waals surface area contributed by atoms with Gasteiger partial charge >= 0.3 is 11.8 Å². The minimum absolute atomic E-state index is 0.555. The number of unbranched alkanes of at least 4 members (excludes halogenated alkanes) is 1. The summed E-state index contributed by atoms with van der Waals surface area (Å²) in [5.41, 5.74) is 1.86. The number of quaternary nitrogens is 1.